The SMILES string of the molecule is COCCN(c1nc(C)cc(C)c1C(N)=S)C(C)C. The lowest BCUT2D eigenvalue weighted by Gasteiger charge is -2.30. The van der Waals surface area contributed by atoms with Crippen LogP contribution in [0.1, 0.15) is 30.7 Å². The second-order valence-corrected chi connectivity index (χ2v) is 5.36. The zero-order valence-corrected chi connectivity index (χ0v) is 13.2. The van der Waals surface area contributed by atoms with Crippen molar-refractivity contribution in [3.63, 3.8) is 0 Å². The zero-order chi connectivity index (χ0) is 14.6. The fourth-order valence-corrected chi connectivity index (χ4v) is 2.38. The number of methoxy groups -OCH3 is 1. The van der Waals surface area contributed by atoms with Crippen LogP contribution in [0.25, 0.3) is 0 Å². The number of nitrogens with two attached hydrogens (primary N) is 1. The van der Waals surface area contributed by atoms with Crippen molar-refractivity contribution in [3.05, 3.63) is 22.9 Å². The number of aromatic nitrogens is 1. The Hall–Kier alpha value is -1.20. The quantitative estimate of drug-likeness (QED) is 0.810. The van der Waals surface area contributed by atoms with E-state index >= 15 is 0 Å². The summed E-state index contributed by atoms with van der Waals surface area (Å²) in [6, 6.07) is 2.31. The first-order valence-electron chi connectivity index (χ1n) is 6.42. The zero-order valence-electron chi connectivity index (χ0n) is 12.4. The lowest BCUT2D eigenvalue weighted by atomic mass is 10.1. The monoisotopic (exact) mass is 281 g/mol. The topological polar surface area (TPSA) is 51.4 Å². The summed E-state index contributed by atoms with van der Waals surface area (Å²) in [6.45, 7) is 9.65. The number of hydrogen-bond acceptors (Lipinski definition) is 4. The largest absolute Gasteiger partial charge is 0.389 e. The fraction of sp³-hybridized carbons (Fsp3) is 0.571. The smallest absolute Gasteiger partial charge is 0.139 e. The summed E-state index contributed by atoms with van der Waals surface area (Å²) in [5.74, 6) is 0.858. The normalized spacial score (nSPS) is 10.8. The Kier molecular flexibility index (Phi) is 5.69. The molecule has 0 atom stereocenters. The molecule has 2 N–H and O–H groups in total. The molecule has 1 heterocycles. The molecule has 0 fully saturated rings. The Morgan fingerprint density at radius 2 is 2.11 bits per heavy atom. The third-order valence-electron chi connectivity index (χ3n) is 3.00. The van der Waals surface area contributed by atoms with Gasteiger partial charge in [0, 0.05) is 25.4 Å². The van der Waals surface area contributed by atoms with Gasteiger partial charge in [-0.15, -0.1) is 0 Å². The lowest BCUT2D eigenvalue weighted by molar-refractivity contribution is 0.203. The van der Waals surface area contributed by atoms with Gasteiger partial charge < -0.3 is 15.4 Å². The Balaban J connectivity index is 3.31. The predicted octanol–water partition coefficient (Wildman–Crippen LogP) is 2.19. The van der Waals surface area contributed by atoms with Crippen molar-refractivity contribution in [1.82, 2.24) is 4.98 Å². The summed E-state index contributed by atoms with van der Waals surface area (Å²) in [4.78, 5) is 7.20. The number of ether oxygens (including phenoxy) is 1. The fourth-order valence-electron chi connectivity index (χ4n) is 2.13. The average molecular weight is 281 g/mol. The van der Waals surface area contributed by atoms with Gasteiger partial charge in [0.15, 0.2) is 0 Å². The van der Waals surface area contributed by atoms with Crippen molar-refractivity contribution in [2.45, 2.75) is 33.7 Å². The predicted molar refractivity (Wildman–Crippen MR) is 84.0 cm³/mol. The molecule has 1 aromatic rings. The van der Waals surface area contributed by atoms with Gasteiger partial charge in [0.25, 0.3) is 0 Å². The van der Waals surface area contributed by atoms with E-state index in [0.29, 0.717) is 17.6 Å². The summed E-state index contributed by atoms with van der Waals surface area (Å²) in [5, 5.41) is 0. The van der Waals surface area contributed by atoms with E-state index in [4.69, 9.17) is 22.7 Å². The van der Waals surface area contributed by atoms with Crippen LogP contribution in [0.3, 0.4) is 0 Å². The van der Waals surface area contributed by atoms with Crippen molar-refractivity contribution < 1.29 is 4.74 Å². The molecule has 1 rings (SSSR count). The molecule has 0 aliphatic heterocycles. The van der Waals surface area contributed by atoms with Gasteiger partial charge >= 0.3 is 0 Å². The Morgan fingerprint density at radius 1 is 1.47 bits per heavy atom. The molecule has 1 aromatic heterocycles. The number of pyridine rings is 1. The maximum atomic E-state index is 5.87. The second-order valence-electron chi connectivity index (χ2n) is 4.92. The highest BCUT2D eigenvalue weighted by atomic mass is 32.1. The van der Waals surface area contributed by atoms with Crippen molar-refractivity contribution in [3.8, 4) is 0 Å². The first-order chi connectivity index (χ1) is 8.88. The highest BCUT2D eigenvalue weighted by molar-refractivity contribution is 7.80. The number of nitrogens with zero attached hydrogens (tertiary/aromatic N) is 2. The van der Waals surface area contributed by atoms with Crippen LogP contribution in [0.4, 0.5) is 5.82 Å². The number of thiocarbonyl (C=S) groups is 1. The van der Waals surface area contributed by atoms with Crippen LogP contribution < -0.4 is 10.6 Å². The molecule has 0 amide bonds. The minimum absolute atomic E-state index is 0.303. The first-order valence-corrected chi connectivity index (χ1v) is 6.83. The molecule has 0 bridgehead atoms. The van der Waals surface area contributed by atoms with Crippen molar-refractivity contribution in [2.24, 2.45) is 5.73 Å². The van der Waals surface area contributed by atoms with Crippen LogP contribution in [0.2, 0.25) is 0 Å². The van der Waals surface area contributed by atoms with E-state index in [2.05, 4.69) is 23.7 Å². The molecule has 0 radical (unpaired) electrons. The van der Waals surface area contributed by atoms with E-state index in [9.17, 15) is 0 Å². The van der Waals surface area contributed by atoms with Gasteiger partial charge in [-0.25, -0.2) is 4.98 Å². The third-order valence-corrected chi connectivity index (χ3v) is 3.21. The van der Waals surface area contributed by atoms with Gasteiger partial charge in [-0.1, -0.05) is 12.2 Å². The van der Waals surface area contributed by atoms with E-state index in [1.165, 1.54) is 0 Å². The molecule has 106 valence electrons. The van der Waals surface area contributed by atoms with Gasteiger partial charge in [-0.3, -0.25) is 0 Å². The van der Waals surface area contributed by atoms with Crippen molar-refractivity contribution in [1.29, 1.82) is 0 Å². The van der Waals surface area contributed by atoms with Gasteiger partial charge in [0.1, 0.15) is 10.8 Å². The molecule has 0 unspecified atom stereocenters. The maximum absolute atomic E-state index is 5.87. The molecule has 0 aliphatic carbocycles. The number of rotatable bonds is 6. The minimum atomic E-state index is 0.303. The first kappa shape index (κ1) is 15.9. The summed E-state index contributed by atoms with van der Waals surface area (Å²) < 4.78 is 5.17. The Morgan fingerprint density at radius 3 is 2.58 bits per heavy atom. The van der Waals surface area contributed by atoms with Crippen molar-refractivity contribution >= 4 is 23.0 Å². The van der Waals surface area contributed by atoms with E-state index in [-0.39, 0.29) is 0 Å². The van der Waals surface area contributed by atoms with Crippen LogP contribution >= 0.6 is 12.2 Å². The third kappa shape index (κ3) is 3.88. The van der Waals surface area contributed by atoms with E-state index in [1.54, 1.807) is 7.11 Å². The summed E-state index contributed by atoms with van der Waals surface area (Å²) in [5.41, 5.74) is 8.77. The highest BCUT2D eigenvalue weighted by Gasteiger charge is 2.19. The van der Waals surface area contributed by atoms with Crippen LogP contribution in [0.5, 0.6) is 0 Å². The molecule has 0 spiro atoms. The average Bonchev–Trinajstić information content (AvgIpc) is 2.27. The van der Waals surface area contributed by atoms with Crippen LogP contribution in [0.15, 0.2) is 6.07 Å². The lowest BCUT2D eigenvalue weighted by Crippen LogP contribution is -2.36. The molecular formula is C14H23N3OS. The molecule has 0 saturated carbocycles. The van der Waals surface area contributed by atoms with Crippen LogP contribution in [-0.4, -0.2) is 36.3 Å². The molecular weight excluding hydrogens is 258 g/mol. The molecule has 5 heteroatoms. The Bertz CT molecular complexity index is 460. The molecule has 0 aliphatic rings. The van der Waals surface area contributed by atoms with Gasteiger partial charge in [-0.05, 0) is 39.3 Å². The van der Waals surface area contributed by atoms with Gasteiger partial charge in [0.2, 0.25) is 0 Å². The van der Waals surface area contributed by atoms with Crippen LogP contribution in [0, 0.1) is 13.8 Å². The van der Waals surface area contributed by atoms with E-state index in [1.807, 2.05) is 19.9 Å². The standard InChI is InChI=1S/C14H23N3OS/c1-9(2)17(6-7-18-5)14-12(13(15)19)10(3)8-11(4)16-14/h8-9H,6-7H2,1-5H3,(H2,15,19). The highest BCUT2D eigenvalue weighted by Crippen LogP contribution is 2.24. The summed E-state index contributed by atoms with van der Waals surface area (Å²) >= 11 is 5.18. The van der Waals surface area contributed by atoms with E-state index < -0.39 is 0 Å². The molecule has 19 heavy (non-hydrogen) atoms. The van der Waals surface area contributed by atoms with Gasteiger partial charge in [0.05, 0.1) is 12.2 Å². The number of anilines is 1. The molecule has 4 nitrogen and oxygen atoms in total. The summed E-state index contributed by atoms with van der Waals surface area (Å²) in [6.07, 6.45) is 0. The minimum Gasteiger partial charge on any atom is -0.389 e. The maximum Gasteiger partial charge on any atom is 0.139 e. The van der Waals surface area contributed by atoms with Crippen LogP contribution in [-0.2, 0) is 4.74 Å². The number of hydrogen-bond donors (Lipinski definition) is 1. The Labute approximate surface area is 121 Å². The van der Waals surface area contributed by atoms with Crippen molar-refractivity contribution in [2.75, 3.05) is 25.2 Å². The second kappa shape index (κ2) is 6.82. The molecule has 0 aromatic carbocycles. The van der Waals surface area contributed by atoms with Gasteiger partial charge in [-0.2, -0.15) is 0 Å². The number of aryl methyl sites for hydroxylation is 2. The summed E-state index contributed by atoms with van der Waals surface area (Å²) in [7, 11) is 1.70. The van der Waals surface area contributed by atoms with E-state index in [0.717, 1.165) is 29.2 Å². The molecule has 0 saturated heterocycles.